The van der Waals surface area contributed by atoms with Gasteiger partial charge in [0.2, 0.25) is 5.75 Å². The van der Waals surface area contributed by atoms with E-state index in [9.17, 15) is 0 Å². The van der Waals surface area contributed by atoms with Crippen LogP contribution >= 0.6 is 0 Å². The van der Waals surface area contributed by atoms with Crippen LogP contribution in [0.4, 0.5) is 0 Å². The lowest BCUT2D eigenvalue weighted by atomic mass is 10.1. The molecule has 0 unspecified atom stereocenters. The van der Waals surface area contributed by atoms with E-state index in [1.54, 1.807) is 0 Å². The maximum Gasteiger partial charge on any atom is 0.203 e. The summed E-state index contributed by atoms with van der Waals surface area (Å²) in [5, 5.41) is 0. The second-order valence-electron chi connectivity index (χ2n) is 8.29. The normalized spacial score (nSPS) is 12.0. The Morgan fingerprint density at radius 1 is 0.760 bits per heavy atom. The highest BCUT2D eigenvalue weighted by atomic mass is 16.6. The molecule has 0 bridgehead atoms. The van der Waals surface area contributed by atoms with Crippen molar-refractivity contribution in [3.8, 4) is 17.2 Å². The SMILES string of the molecule is Cc1cc(OC(C)(C)C)c(OCc2ccccc2)c(OC(C)(C)C)c1. The molecule has 0 aromatic heterocycles. The molecule has 0 N–H and O–H groups in total. The molecule has 0 saturated carbocycles. The number of hydrogen-bond acceptors (Lipinski definition) is 3. The zero-order valence-electron chi connectivity index (χ0n) is 16.5. The molecule has 0 aliphatic heterocycles. The standard InChI is InChI=1S/C22H30O3/c1-16-13-18(24-21(2,3)4)20(19(14-16)25-22(5,6)7)23-15-17-11-9-8-10-12-17/h8-14H,15H2,1-7H3. The molecular weight excluding hydrogens is 312 g/mol. The van der Waals surface area contributed by atoms with Crippen molar-refractivity contribution in [2.45, 2.75) is 66.3 Å². The van der Waals surface area contributed by atoms with Crippen LogP contribution in [-0.4, -0.2) is 11.2 Å². The van der Waals surface area contributed by atoms with Crippen LogP contribution in [0.5, 0.6) is 17.2 Å². The Hall–Kier alpha value is -2.16. The van der Waals surface area contributed by atoms with Gasteiger partial charge in [0.25, 0.3) is 0 Å². The van der Waals surface area contributed by atoms with Crippen molar-refractivity contribution in [2.24, 2.45) is 0 Å². The van der Waals surface area contributed by atoms with E-state index in [0.29, 0.717) is 23.9 Å². The minimum absolute atomic E-state index is 0.322. The molecule has 0 aliphatic rings. The lowest BCUT2D eigenvalue weighted by molar-refractivity contribution is 0.107. The molecular formula is C22H30O3. The van der Waals surface area contributed by atoms with Gasteiger partial charge in [-0.15, -0.1) is 0 Å². The third-order valence-corrected chi connectivity index (χ3v) is 3.22. The molecule has 0 saturated heterocycles. The van der Waals surface area contributed by atoms with Crippen LogP contribution < -0.4 is 14.2 Å². The number of ether oxygens (including phenoxy) is 3. The molecule has 136 valence electrons. The lowest BCUT2D eigenvalue weighted by Crippen LogP contribution is -2.25. The van der Waals surface area contributed by atoms with E-state index in [1.165, 1.54) is 0 Å². The monoisotopic (exact) mass is 342 g/mol. The van der Waals surface area contributed by atoms with Crippen LogP contribution in [0.2, 0.25) is 0 Å². The van der Waals surface area contributed by atoms with Gasteiger partial charge >= 0.3 is 0 Å². The van der Waals surface area contributed by atoms with E-state index in [1.807, 2.05) is 90.9 Å². The Morgan fingerprint density at radius 3 is 1.68 bits per heavy atom. The van der Waals surface area contributed by atoms with Gasteiger partial charge in [-0.05, 0) is 71.7 Å². The number of hydrogen-bond donors (Lipinski definition) is 0. The third kappa shape index (κ3) is 6.33. The highest BCUT2D eigenvalue weighted by Gasteiger charge is 2.23. The maximum absolute atomic E-state index is 6.15. The quantitative estimate of drug-likeness (QED) is 0.674. The molecule has 3 nitrogen and oxygen atoms in total. The number of rotatable bonds is 5. The van der Waals surface area contributed by atoms with Gasteiger partial charge in [-0.3, -0.25) is 0 Å². The molecule has 0 spiro atoms. The minimum atomic E-state index is -0.322. The fourth-order valence-electron chi connectivity index (χ4n) is 2.39. The van der Waals surface area contributed by atoms with Crippen molar-refractivity contribution < 1.29 is 14.2 Å². The van der Waals surface area contributed by atoms with E-state index in [-0.39, 0.29) is 11.2 Å². The summed E-state index contributed by atoms with van der Waals surface area (Å²) in [7, 11) is 0. The van der Waals surface area contributed by atoms with Gasteiger partial charge in [0.15, 0.2) is 11.5 Å². The van der Waals surface area contributed by atoms with Crippen molar-refractivity contribution >= 4 is 0 Å². The first-order valence-corrected chi connectivity index (χ1v) is 8.73. The average molecular weight is 342 g/mol. The zero-order chi connectivity index (χ0) is 18.7. The van der Waals surface area contributed by atoms with Crippen LogP contribution in [0, 0.1) is 6.92 Å². The molecule has 0 amide bonds. The summed E-state index contributed by atoms with van der Waals surface area (Å²) in [5.74, 6) is 2.07. The highest BCUT2D eigenvalue weighted by molar-refractivity contribution is 5.54. The van der Waals surface area contributed by atoms with Gasteiger partial charge in [-0.1, -0.05) is 30.3 Å². The summed E-state index contributed by atoms with van der Waals surface area (Å²) < 4.78 is 18.5. The molecule has 0 fully saturated rings. The van der Waals surface area contributed by atoms with Gasteiger partial charge in [0.1, 0.15) is 17.8 Å². The molecule has 2 rings (SSSR count). The summed E-state index contributed by atoms with van der Waals surface area (Å²) >= 11 is 0. The van der Waals surface area contributed by atoms with Gasteiger partial charge in [-0.25, -0.2) is 0 Å². The Kier molecular flexibility index (Phi) is 5.66. The fourth-order valence-corrected chi connectivity index (χ4v) is 2.39. The van der Waals surface area contributed by atoms with Crippen molar-refractivity contribution in [2.75, 3.05) is 0 Å². The summed E-state index contributed by atoms with van der Waals surface area (Å²) in [6.45, 7) is 14.7. The first-order chi connectivity index (χ1) is 11.5. The first-order valence-electron chi connectivity index (χ1n) is 8.73. The van der Waals surface area contributed by atoms with Crippen molar-refractivity contribution in [1.29, 1.82) is 0 Å². The minimum Gasteiger partial charge on any atom is -0.484 e. The van der Waals surface area contributed by atoms with Crippen LogP contribution in [0.3, 0.4) is 0 Å². The molecule has 2 aromatic carbocycles. The van der Waals surface area contributed by atoms with Gasteiger partial charge in [0, 0.05) is 0 Å². The Bertz CT molecular complexity index is 654. The van der Waals surface area contributed by atoms with Crippen molar-refractivity contribution in [3.05, 3.63) is 53.6 Å². The second kappa shape index (κ2) is 7.38. The average Bonchev–Trinajstić information content (AvgIpc) is 2.44. The Labute approximate surface area is 151 Å². The topological polar surface area (TPSA) is 27.7 Å². The molecule has 0 aliphatic carbocycles. The van der Waals surface area contributed by atoms with Crippen LogP contribution in [0.25, 0.3) is 0 Å². The Balaban J connectivity index is 2.39. The molecule has 25 heavy (non-hydrogen) atoms. The predicted octanol–water partition coefficient (Wildman–Crippen LogP) is 5.93. The summed E-state index contributed by atoms with van der Waals surface area (Å²) in [5.41, 5.74) is 1.53. The van der Waals surface area contributed by atoms with E-state index in [4.69, 9.17) is 14.2 Å². The van der Waals surface area contributed by atoms with Crippen molar-refractivity contribution in [3.63, 3.8) is 0 Å². The predicted molar refractivity (Wildman–Crippen MR) is 103 cm³/mol. The van der Waals surface area contributed by atoms with Crippen molar-refractivity contribution in [1.82, 2.24) is 0 Å². The summed E-state index contributed by atoms with van der Waals surface area (Å²) in [6, 6.07) is 14.1. The molecule has 3 heteroatoms. The molecule has 0 radical (unpaired) electrons. The van der Waals surface area contributed by atoms with Crippen LogP contribution in [0.1, 0.15) is 52.7 Å². The lowest BCUT2D eigenvalue weighted by Gasteiger charge is -2.27. The summed E-state index contributed by atoms with van der Waals surface area (Å²) in [6.07, 6.45) is 0. The van der Waals surface area contributed by atoms with Gasteiger partial charge < -0.3 is 14.2 Å². The molecule has 2 aromatic rings. The number of aryl methyl sites for hydroxylation is 1. The van der Waals surface area contributed by atoms with Gasteiger partial charge in [0.05, 0.1) is 0 Å². The van der Waals surface area contributed by atoms with E-state index < -0.39 is 0 Å². The molecule has 0 heterocycles. The largest absolute Gasteiger partial charge is 0.484 e. The third-order valence-electron chi connectivity index (χ3n) is 3.22. The van der Waals surface area contributed by atoms with Crippen LogP contribution in [-0.2, 0) is 6.61 Å². The summed E-state index contributed by atoms with van der Waals surface area (Å²) in [4.78, 5) is 0. The molecule has 0 atom stereocenters. The van der Waals surface area contributed by atoms with E-state index in [2.05, 4.69) is 0 Å². The fraction of sp³-hybridized carbons (Fsp3) is 0.455. The smallest absolute Gasteiger partial charge is 0.203 e. The Morgan fingerprint density at radius 2 is 1.24 bits per heavy atom. The van der Waals surface area contributed by atoms with Crippen LogP contribution in [0.15, 0.2) is 42.5 Å². The maximum atomic E-state index is 6.15. The number of benzene rings is 2. The second-order valence-corrected chi connectivity index (χ2v) is 8.29. The van der Waals surface area contributed by atoms with E-state index >= 15 is 0 Å². The highest BCUT2D eigenvalue weighted by Crippen LogP contribution is 2.42. The zero-order valence-corrected chi connectivity index (χ0v) is 16.5. The first kappa shape index (κ1) is 19.2. The van der Waals surface area contributed by atoms with Gasteiger partial charge in [-0.2, -0.15) is 0 Å². The van der Waals surface area contributed by atoms with E-state index in [0.717, 1.165) is 11.1 Å².